The molecule has 3 aromatic rings. The van der Waals surface area contributed by atoms with E-state index in [4.69, 9.17) is 9.15 Å². The Kier molecular flexibility index (Phi) is 4.74. The molecule has 0 bridgehead atoms. The normalized spacial score (nSPS) is 11.3. The lowest BCUT2D eigenvalue weighted by molar-refractivity contribution is 0.286. The average Bonchev–Trinajstić information content (AvgIpc) is 2.84. The van der Waals surface area contributed by atoms with Crippen molar-refractivity contribution in [2.24, 2.45) is 5.92 Å². The zero-order valence-corrected chi connectivity index (χ0v) is 14.4. The lowest BCUT2D eigenvalue weighted by Gasteiger charge is -2.12. The summed E-state index contributed by atoms with van der Waals surface area (Å²) in [6, 6.07) is 13.6. The van der Waals surface area contributed by atoms with E-state index in [2.05, 4.69) is 13.8 Å². The van der Waals surface area contributed by atoms with Crippen molar-refractivity contribution < 1.29 is 9.15 Å². The molecule has 0 atom stereocenters. The first-order valence-corrected chi connectivity index (χ1v) is 8.35. The van der Waals surface area contributed by atoms with Gasteiger partial charge in [-0.1, -0.05) is 38.1 Å². The van der Waals surface area contributed by atoms with Gasteiger partial charge in [0.05, 0.1) is 18.7 Å². The van der Waals surface area contributed by atoms with Crippen LogP contribution in [0, 0.1) is 12.8 Å². The summed E-state index contributed by atoms with van der Waals surface area (Å²) in [4.78, 5) is 12.2. The van der Waals surface area contributed by atoms with Gasteiger partial charge in [0, 0.05) is 5.56 Å². The summed E-state index contributed by atoms with van der Waals surface area (Å²) in [7, 11) is 0. The van der Waals surface area contributed by atoms with Gasteiger partial charge < -0.3 is 9.15 Å². The molecule has 0 aliphatic heterocycles. The Balaban J connectivity index is 1.90. The number of para-hydroxylation sites is 1. The second-order valence-electron chi connectivity index (χ2n) is 6.56. The molecule has 0 spiro atoms. The van der Waals surface area contributed by atoms with E-state index >= 15 is 0 Å². The number of hydrogen-bond donors (Lipinski definition) is 0. The van der Waals surface area contributed by atoms with Gasteiger partial charge in [-0.2, -0.15) is 0 Å². The van der Waals surface area contributed by atoms with Crippen LogP contribution in [0.3, 0.4) is 0 Å². The monoisotopic (exact) mass is 325 g/mol. The number of aryl methyl sites for hydroxylation is 1. The molecule has 1 heterocycles. The summed E-state index contributed by atoms with van der Waals surface area (Å²) in [6.45, 7) is 7.47. The molecule has 1 aromatic heterocycles. The van der Waals surface area contributed by atoms with Crippen molar-refractivity contribution in [3.05, 3.63) is 64.1 Å². The fourth-order valence-corrected chi connectivity index (χ4v) is 2.67. The first kappa shape index (κ1) is 16.4. The fraction of sp³-hybridized carbons (Fsp3) is 0.350. The van der Waals surface area contributed by atoms with Gasteiger partial charge >= 0.3 is 5.76 Å². The Morgan fingerprint density at radius 2 is 1.96 bits per heavy atom. The Morgan fingerprint density at radius 1 is 1.17 bits per heavy atom. The van der Waals surface area contributed by atoms with E-state index in [1.807, 2.05) is 49.4 Å². The van der Waals surface area contributed by atoms with E-state index in [9.17, 15) is 4.79 Å². The van der Waals surface area contributed by atoms with Crippen LogP contribution in [0.2, 0.25) is 0 Å². The number of fused-ring (bicyclic) bond motifs is 1. The molecule has 4 heteroatoms. The summed E-state index contributed by atoms with van der Waals surface area (Å²) in [6.07, 6.45) is 1.00. The second kappa shape index (κ2) is 6.95. The van der Waals surface area contributed by atoms with E-state index in [1.54, 1.807) is 4.57 Å². The van der Waals surface area contributed by atoms with E-state index in [1.165, 1.54) is 0 Å². The number of aromatic nitrogens is 1. The third-order valence-corrected chi connectivity index (χ3v) is 4.08. The number of benzene rings is 2. The molecular formula is C20H23NO3. The Morgan fingerprint density at radius 3 is 2.75 bits per heavy atom. The molecule has 0 unspecified atom stereocenters. The van der Waals surface area contributed by atoms with Crippen molar-refractivity contribution in [3.8, 4) is 5.75 Å². The standard InChI is InChI=1S/C20H23NO3/c1-14(2)10-11-23-18-7-5-4-6-16(18)13-21-17-12-15(3)8-9-19(17)24-20(21)22/h4-9,12,14H,10-11,13H2,1-3H3. The molecule has 126 valence electrons. The van der Waals surface area contributed by atoms with Crippen LogP contribution < -0.4 is 10.5 Å². The van der Waals surface area contributed by atoms with Gasteiger partial charge in [-0.25, -0.2) is 4.79 Å². The molecule has 3 rings (SSSR count). The number of oxazole rings is 1. The van der Waals surface area contributed by atoms with Crippen LogP contribution in [0.4, 0.5) is 0 Å². The average molecular weight is 325 g/mol. The summed E-state index contributed by atoms with van der Waals surface area (Å²) in [5.74, 6) is 1.08. The van der Waals surface area contributed by atoms with Crippen LogP contribution in [0.1, 0.15) is 31.4 Å². The van der Waals surface area contributed by atoms with Gasteiger partial charge in [-0.3, -0.25) is 4.57 Å². The van der Waals surface area contributed by atoms with Crippen LogP contribution in [0.15, 0.2) is 51.7 Å². The first-order valence-electron chi connectivity index (χ1n) is 8.35. The van der Waals surface area contributed by atoms with Crippen molar-refractivity contribution in [1.82, 2.24) is 4.57 Å². The topological polar surface area (TPSA) is 44.4 Å². The highest BCUT2D eigenvalue weighted by atomic mass is 16.5. The molecule has 0 aliphatic rings. The molecule has 0 fully saturated rings. The minimum absolute atomic E-state index is 0.340. The second-order valence-corrected chi connectivity index (χ2v) is 6.56. The van der Waals surface area contributed by atoms with Crippen LogP contribution in [0.25, 0.3) is 11.1 Å². The zero-order valence-electron chi connectivity index (χ0n) is 14.4. The summed E-state index contributed by atoms with van der Waals surface area (Å²) < 4.78 is 12.9. The largest absolute Gasteiger partial charge is 0.493 e. The molecule has 0 amide bonds. The van der Waals surface area contributed by atoms with Gasteiger partial charge in [0.15, 0.2) is 5.58 Å². The van der Waals surface area contributed by atoms with Gasteiger partial charge in [-0.05, 0) is 43.0 Å². The number of rotatable bonds is 6. The van der Waals surface area contributed by atoms with Crippen molar-refractivity contribution >= 4 is 11.1 Å². The molecule has 0 saturated carbocycles. The minimum Gasteiger partial charge on any atom is -0.493 e. The SMILES string of the molecule is Cc1ccc2oc(=O)n(Cc3ccccc3OCCC(C)C)c2c1. The molecular weight excluding hydrogens is 302 g/mol. The third kappa shape index (κ3) is 3.53. The number of hydrogen-bond acceptors (Lipinski definition) is 3. The van der Waals surface area contributed by atoms with Crippen LogP contribution in [-0.2, 0) is 6.54 Å². The van der Waals surface area contributed by atoms with Gasteiger partial charge in [0.1, 0.15) is 5.75 Å². The highest BCUT2D eigenvalue weighted by Gasteiger charge is 2.12. The minimum atomic E-state index is -0.340. The highest BCUT2D eigenvalue weighted by molar-refractivity contribution is 5.73. The van der Waals surface area contributed by atoms with E-state index in [0.717, 1.165) is 28.8 Å². The molecule has 4 nitrogen and oxygen atoms in total. The van der Waals surface area contributed by atoms with Crippen LogP contribution >= 0.6 is 0 Å². The molecule has 0 radical (unpaired) electrons. The molecule has 0 N–H and O–H groups in total. The van der Waals surface area contributed by atoms with Crippen LogP contribution in [0.5, 0.6) is 5.75 Å². The number of ether oxygens (including phenoxy) is 1. The van der Waals surface area contributed by atoms with Crippen molar-refractivity contribution in [1.29, 1.82) is 0 Å². The van der Waals surface area contributed by atoms with Gasteiger partial charge in [0.25, 0.3) is 0 Å². The lowest BCUT2D eigenvalue weighted by atomic mass is 10.1. The Bertz CT molecular complexity index is 889. The molecule has 24 heavy (non-hydrogen) atoms. The predicted molar refractivity (Wildman–Crippen MR) is 95.7 cm³/mol. The maximum absolute atomic E-state index is 12.2. The van der Waals surface area contributed by atoms with E-state index < -0.39 is 0 Å². The molecule has 0 saturated heterocycles. The summed E-state index contributed by atoms with van der Waals surface area (Å²) in [5, 5.41) is 0. The summed E-state index contributed by atoms with van der Waals surface area (Å²) in [5.41, 5.74) is 3.51. The third-order valence-electron chi connectivity index (χ3n) is 4.08. The van der Waals surface area contributed by atoms with E-state index in [0.29, 0.717) is 24.7 Å². The Hall–Kier alpha value is -2.49. The maximum Gasteiger partial charge on any atom is 0.420 e. The van der Waals surface area contributed by atoms with Gasteiger partial charge in [-0.15, -0.1) is 0 Å². The van der Waals surface area contributed by atoms with Gasteiger partial charge in [0.2, 0.25) is 0 Å². The smallest absolute Gasteiger partial charge is 0.420 e. The molecule has 2 aromatic carbocycles. The predicted octanol–water partition coefficient (Wildman–Crippen LogP) is 4.38. The van der Waals surface area contributed by atoms with Crippen molar-refractivity contribution in [3.63, 3.8) is 0 Å². The first-order chi connectivity index (χ1) is 11.5. The van der Waals surface area contributed by atoms with Crippen molar-refractivity contribution in [2.45, 2.75) is 33.7 Å². The zero-order chi connectivity index (χ0) is 17.1. The number of nitrogens with zero attached hydrogens (tertiary/aromatic N) is 1. The lowest BCUT2D eigenvalue weighted by Crippen LogP contribution is -2.15. The quantitative estimate of drug-likeness (QED) is 0.676. The maximum atomic E-state index is 12.2. The van der Waals surface area contributed by atoms with E-state index in [-0.39, 0.29) is 5.76 Å². The fourth-order valence-electron chi connectivity index (χ4n) is 2.67. The Labute approximate surface area is 141 Å². The van der Waals surface area contributed by atoms with Crippen LogP contribution in [-0.4, -0.2) is 11.2 Å². The van der Waals surface area contributed by atoms with Crippen molar-refractivity contribution in [2.75, 3.05) is 6.61 Å². The highest BCUT2D eigenvalue weighted by Crippen LogP contribution is 2.22. The summed E-state index contributed by atoms with van der Waals surface area (Å²) >= 11 is 0. The molecule has 0 aliphatic carbocycles.